The van der Waals surface area contributed by atoms with Gasteiger partial charge in [-0.2, -0.15) is 0 Å². The van der Waals surface area contributed by atoms with Crippen LogP contribution in [0.3, 0.4) is 0 Å². The summed E-state index contributed by atoms with van der Waals surface area (Å²) in [5.41, 5.74) is 1.18. The highest BCUT2D eigenvalue weighted by molar-refractivity contribution is 9.10. The minimum absolute atomic E-state index is 0.178. The summed E-state index contributed by atoms with van der Waals surface area (Å²) in [4.78, 5) is 2.52. The van der Waals surface area contributed by atoms with Gasteiger partial charge in [-0.1, -0.05) is 35.8 Å². The van der Waals surface area contributed by atoms with Gasteiger partial charge in [0.25, 0.3) is 0 Å². The quantitative estimate of drug-likeness (QED) is 0.808. The van der Waals surface area contributed by atoms with E-state index in [0.717, 1.165) is 17.6 Å². The summed E-state index contributed by atoms with van der Waals surface area (Å²) in [7, 11) is 0. The highest BCUT2D eigenvalue weighted by atomic mass is 79.9. The average molecular weight is 300 g/mol. The van der Waals surface area contributed by atoms with Crippen LogP contribution in [0.5, 0.6) is 0 Å². The van der Waals surface area contributed by atoms with Crippen LogP contribution >= 0.6 is 15.9 Å². The molecular weight excluding hydrogens is 281 g/mol. The molecule has 0 amide bonds. The van der Waals surface area contributed by atoms with E-state index in [1.54, 1.807) is 12.1 Å². The summed E-state index contributed by atoms with van der Waals surface area (Å²) in [5.74, 6) is 0.513. The summed E-state index contributed by atoms with van der Waals surface area (Å²) >= 11 is 3.44. The van der Waals surface area contributed by atoms with Gasteiger partial charge in [-0.05, 0) is 43.0 Å². The molecule has 1 atom stereocenters. The maximum atomic E-state index is 13.0. The van der Waals surface area contributed by atoms with Gasteiger partial charge in [-0.15, -0.1) is 0 Å². The molecule has 1 aliphatic rings. The second-order valence-electron chi connectivity index (χ2n) is 5.16. The number of hydrogen-bond donors (Lipinski definition) is 0. The standard InChI is InChI=1S/C14H19BrFN/c1-10(2)14-4-3-7-17(14)9-11-5-6-12(16)8-13(11)15/h5-6,8,10,14H,3-4,7,9H2,1-2H3. The Bertz CT molecular complexity index is 392. The lowest BCUT2D eigenvalue weighted by Crippen LogP contribution is -2.32. The third kappa shape index (κ3) is 3.08. The van der Waals surface area contributed by atoms with Crippen LogP contribution in [0, 0.1) is 11.7 Å². The lowest BCUT2D eigenvalue weighted by atomic mass is 10.0. The fourth-order valence-electron chi connectivity index (χ4n) is 2.67. The molecule has 0 N–H and O–H groups in total. The van der Waals surface area contributed by atoms with Crippen molar-refractivity contribution in [3.63, 3.8) is 0 Å². The number of benzene rings is 1. The van der Waals surface area contributed by atoms with Crippen molar-refractivity contribution >= 4 is 15.9 Å². The number of rotatable bonds is 3. The molecule has 94 valence electrons. The molecule has 0 radical (unpaired) electrons. The smallest absolute Gasteiger partial charge is 0.124 e. The second-order valence-corrected chi connectivity index (χ2v) is 6.01. The Balaban J connectivity index is 2.09. The summed E-state index contributed by atoms with van der Waals surface area (Å²) in [6.45, 7) is 6.64. The molecule has 1 aliphatic heterocycles. The molecule has 3 heteroatoms. The van der Waals surface area contributed by atoms with E-state index >= 15 is 0 Å². The molecule has 1 unspecified atom stereocenters. The minimum atomic E-state index is -0.178. The molecule has 0 spiro atoms. The molecule has 0 aromatic heterocycles. The lowest BCUT2D eigenvalue weighted by Gasteiger charge is -2.27. The molecule has 1 heterocycles. The molecule has 1 aromatic rings. The number of nitrogens with zero attached hydrogens (tertiary/aromatic N) is 1. The van der Waals surface area contributed by atoms with E-state index in [9.17, 15) is 4.39 Å². The zero-order valence-electron chi connectivity index (χ0n) is 10.4. The predicted molar refractivity (Wildman–Crippen MR) is 72.4 cm³/mol. The Morgan fingerprint density at radius 3 is 2.88 bits per heavy atom. The van der Waals surface area contributed by atoms with E-state index in [2.05, 4.69) is 34.7 Å². The molecule has 0 aliphatic carbocycles. The zero-order valence-corrected chi connectivity index (χ0v) is 12.0. The van der Waals surface area contributed by atoms with Crippen molar-refractivity contribution in [1.82, 2.24) is 4.90 Å². The molecule has 17 heavy (non-hydrogen) atoms. The first kappa shape index (κ1) is 13.0. The van der Waals surface area contributed by atoms with Crippen LogP contribution in [0.4, 0.5) is 4.39 Å². The number of hydrogen-bond acceptors (Lipinski definition) is 1. The van der Waals surface area contributed by atoms with Gasteiger partial charge in [0.2, 0.25) is 0 Å². The molecule has 1 saturated heterocycles. The molecular formula is C14H19BrFN. The maximum Gasteiger partial charge on any atom is 0.124 e. The summed E-state index contributed by atoms with van der Waals surface area (Å²) in [6.07, 6.45) is 2.57. The fraction of sp³-hybridized carbons (Fsp3) is 0.571. The molecule has 1 aromatic carbocycles. The highest BCUT2D eigenvalue weighted by Gasteiger charge is 2.27. The first-order valence-corrected chi connectivity index (χ1v) is 7.05. The van der Waals surface area contributed by atoms with Crippen LogP contribution in [0.25, 0.3) is 0 Å². The first-order valence-electron chi connectivity index (χ1n) is 6.26. The Morgan fingerprint density at radius 2 is 2.24 bits per heavy atom. The van der Waals surface area contributed by atoms with Crippen molar-refractivity contribution in [2.24, 2.45) is 5.92 Å². The number of halogens is 2. The van der Waals surface area contributed by atoms with Gasteiger partial charge in [0.05, 0.1) is 0 Å². The van der Waals surface area contributed by atoms with Crippen LogP contribution in [0.1, 0.15) is 32.3 Å². The van der Waals surface area contributed by atoms with Crippen LogP contribution in [-0.4, -0.2) is 17.5 Å². The van der Waals surface area contributed by atoms with Crippen LogP contribution in [0.2, 0.25) is 0 Å². The van der Waals surface area contributed by atoms with Gasteiger partial charge in [-0.25, -0.2) is 4.39 Å². The summed E-state index contributed by atoms with van der Waals surface area (Å²) in [6, 6.07) is 5.65. The minimum Gasteiger partial charge on any atom is -0.296 e. The maximum absolute atomic E-state index is 13.0. The zero-order chi connectivity index (χ0) is 12.4. The Kier molecular flexibility index (Phi) is 4.21. The van der Waals surface area contributed by atoms with Crippen molar-refractivity contribution in [3.8, 4) is 0 Å². The fourth-order valence-corrected chi connectivity index (χ4v) is 3.15. The van der Waals surface area contributed by atoms with Crippen molar-refractivity contribution in [2.45, 2.75) is 39.3 Å². The lowest BCUT2D eigenvalue weighted by molar-refractivity contribution is 0.198. The normalized spacial score (nSPS) is 21.4. The van der Waals surface area contributed by atoms with Crippen molar-refractivity contribution < 1.29 is 4.39 Å². The third-order valence-electron chi connectivity index (χ3n) is 3.57. The summed E-state index contributed by atoms with van der Waals surface area (Å²) in [5, 5.41) is 0. The van der Waals surface area contributed by atoms with Crippen LogP contribution in [-0.2, 0) is 6.54 Å². The Labute approximate surface area is 111 Å². The van der Waals surface area contributed by atoms with E-state index in [0.29, 0.717) is 12.0 Å². The van der Waals surface area contributed by atoms with E-state index < -0.39 is 0 Å². The van der Waals surface area contributed by atoms with Crippen LogP contribution < -0.4 is 0 Å². The van der Waals surface area contributed by atoms with Gasteiger partial charge in [0, 0.05) is 17.1 Å². The monoisotopic (exact) mass is 299 g/mol. The SMILES string of the molecule is CC(C)C1CCCN1Cc1ccc(F)cc1Br. The van der Waals surface area contributed by atoms with Gasteiger partial charge in [0.15, 0.2) is 0 Å². The van der Waals surface area contributed by atoms with Gasteiger partial charge >= 0.3 is 0 Å². The largest absolute Gasteiger partial charge is 0.296 e. The highest BCUT2D eigenvalue weighted by Crippen LogP contribution is 2.28. The molecule has 0 saturated carbocycles. The van der Waals surface area contributed by atoms with Gasteiger partial charge in [-0.3, -0.25) is 4.90 Å². The topological polar surface area (TPSA) is 3.24 Å². The number of likely N-dealkylation sites (tertiary alicyclic amines) is 1. The van der Waals surface area contributed by atoms with Crippen molar-refractivity contribution in [3.05, 3.63) is 34.1 Å². The van der Waals surface area contributed by atoms with Crippen LogP contribution in [0.15, 0.2) is 22.7 Å². The predicted octanol–water partition coefficient (Wildman–Crippen LogP) is 4.21. The first-order chi connectivity index (χ1) is 8.08. The van der Waals surface area contributed by atoms with E-state index in [-0.39, 0.29) is 5.82 Å². The van der Waals surface area contributed by atoms with E-state index in [1.165, 1.54) is 18.4 Å². The van der Waals surface area contributed by atoms with Crippen molar-refractivity contribution in [1.29, 1.82) is 0 Å². The molecule has 1 fully saturated rings. The van der Waals surface area contributed by atoms with Crippen molar-refractivity contribution in [2.75, 3.05) is 6.54 Å². The summed E-state index contributed by atoms with van der Waals surface area (Å²) < 4.78 is 13.9. The second kappa shape index (κ2) is 5.49. The average Bonchev–Trinajstić information content (AvgIpc) is 2.70. The third-order valence-corrected chi connectivity index (χ3v) is 4.31. The molecule has 2 rings (SSSR count). The van der Waals surface area contributed by atoms with Gasteiger partial charge < -0.3 is 0 Å². The molecule has 1 nitrogen and oxygen atoms in total. The van der Waals surface area contributed by atoms with E-state index in [4.69, 9.17) is 0 Å². The van der Waals surface area contributed by atoms with E-state index in [1.807, 2.05) is 6.07 Å². The Morgan fingerprint density at radius 1 is 1.47 bits per heavy atom. The van der Waals surface area contributed by atoms with Gasteiger partial charge in [0.1, 0.15) is 5.82 Å². The molecule has 0 bridgehead atoms. The Hall–Kier alpha value is -0.410.